The molecule has 1 rings (SSSR count). The second kappa shape index (κ2) is 4.92. The molecule has 0 radical (unpaired) electrons. The largest absolute Gasteiger partial charge is 0.295 e. The average molecular weight is 258 g/mol. The van der Waals surface area contributed by atoms with E-state index in [0.29, 0.717) is 6.07 Å². The summed E-state index contributed by atoms with van der Waals surface area (Å²) >= 11 is 0. The lowest BCUT2D eigenvalue weighted by Crippen LogP contribution is -2.35. The predicted octanol–water partition coefficient (Wildman–Crippen LogP) is 3.10. The van der Waals surface area contributed by atoms with E-state index in [4.69, 9.17) is 0 Å². The van der Waals surface area contributed by atoms with Gasteiger partial charge in [-0.15, -0.1) is 0 Å². The van der Waals surface area contributed by atoms with Gasteiger partial charge in [-0.05, 0) is 12.1 Å². The van der Waals surface area contributed by atoms with Crippen LogP contribution < -0.4 is 0 Å². The maximum Gasteiger partial charge on any atom is 0.221 e. The lowest BCUT2D eigenvalue weighted by atomic mass is 9.86. The first-order valence-electron chi connectivity index (χ1n) is 5.32. The average Bonchev–Trinajstić information content (AvgIpc) is 2.25. The highest BCUT2D eigenvalue weighted by Gasteiger charge is 2.36. The summed E-state index contributed by atoms with van der Waals surface area (Å²) in [6.45, 7) is 4.36. The number of rotatable bonds is 3. The molecule has 1 aromatic rings. The van der Waals surface area contributed by atoms with Crippen LogP contribution in [0.2, 0.25) is 0 Å². The molecule has 98 valence electrons. The van der Waals surface area contributed by atoms with Crippen LogP contribution in [0.5, 0.6) is 0 Å². The van der Waals surface area contributed by atoms with Gasteiger partial charge in [0, 0.05) is 11.5 Å². The molecular weight excluding hydrogens is 245 g/mol. The standard InChI is InChI=1S/C13H13F3O2/c1-13(2,3)12(18)10(16)11(17)8-5-4-7(14)6-9(8)15/h4-6,10H,1-3H3. The minimum absolute atomic E-state index is 0.474. The Morgan fingerprint density at radius 2 is 1.72 bits per heavy atom. The van der Waals surface area contributed by atoms with Gasteiger partial charge < -0.3 is 0 Å². The number of carbonyl (C=O) groups excluding carboxylic acids is 2. The zero-order valence-electron chi connectivity index (χ0n) is 10.3. The summed E-state index contributed by atoms with van der Waals surface area (Å²) < 4.78 is 39.6. The lowest BCUT2D eigenvalue weighted by molar-refractivity contribution is -0.129. The van der Waals surface area contributed by atoms with E-state index in [1.54, 1.807) is 0 Å². The van der Waals surface area contributed by atoms with Crippen molar-refractivity contribution in [2.45, 2.75) is 26.9 Å². The van der Waals surface area contributed by atoms with Crippen LogP contribution >= 0.6 is 0 Å². The molecule has 0 saturated heterocycles. The van der Waals surface area contributed by atoms with E-state index in [1.165, 1.54) is 20.8 Å². The highest BCUT2D eigenvalue weighted by Crippen LogP contribution is 2.22. The fraction of sp³-hybridized carbons (Fsp3) is 0.385. The number of alkyl halides is 1. The zero-order valence-corrected chi connectivity index (χ0v) is 10.3. The molecule has 0 aliphatic heterocycles. The first-order chi connectivity index (χ1) is 8.14. The third kappa shape index (κ3) is 2.97. The summed E-state index contributed by atoms with van der Waals surface area (Å²) in [6.07, 6.45) is -2.44. The maximum absolute atomic E-state index is 13.7. The van der Waals surface area contributed by atoms with Crippen molar-refractivity contribution in [1.82, 2.24) is 0 Å². The molecule has 0 amide bonds. The number of Topliss-reactive ketones (excluding diaryl/α,β-unsaturated/α-hetero) is 2. The number of halogens is 3. The minimum Gasteiger partial charge on any atom is -0.295 e. The van der Waals surface area contributed by atoms with Crippen LogP contribution in [0, 0.1) is 17.0 Å². The van der Waals surface area contributed by atoms with Crippen LogP contribution in [0.15, 0.2) is 18.2 Å². The Hall–Kier alpha value is -1.65. The van der Waals surface area contributed by atoms with Crippen LogP contribution in [-0.2, 0) is 4.79 Å². The highest BCUT2D eigenvalue weighted by atomic mass is 19.1. The van der Waals surface area contributed by atoms with E-state index >= 15 is 0 Å². The Morgan fingerprint density at radius 3 is 2.17 bits per heavy atom. The van der Waals surface area contributed by atoms with Crippen molar-refractivity contribution in [1.29, 1.82) is 0 Å². The van der Waals surface area contributed by atoms with Crippen LogP contribution in [0.25, 0.3) is 0 Å². The fourth-order valence-electron chi connectivity index (χ4n) is 1.33. The van der Waals surface area contributed by atoms with Crippen molar-refractivity contribution in [2.75, 3.05) is 0 Å². The first kappa shape index (κ1) is 14.4. The molecular formula is C13H13F3O2. The summed E-state index contributed by atoms with van der Waals surface area (Å²) in [6, 6.07) is 2.14. The molecule has 0 saturated carbocycles. The third-order valence-electron chi connectivity index (χ3n) is 2.40. The normalized spacial score (nSPS) is 13.2. The molecule has 0 aromatic heterocycles. The number of benzene rings is 1. The van der Waals surface area contributed by atoms with Gasteiger partial charge in [0.25, 0.3) is 0 Å². The van der Waals surface area contributed by atoms with Crippen molar-refractivity contribution in [2.24, 2.45) is 5.41 Å². The summed E-state index contributed by atoms with van der Waals surface area (Å²) in [5, 5.41) is 0. The Morgan fingerprint density at radius 1 is 1.17 bits per heavy atom. The molecule has 1 aromatic carbocycles. The van der Waals surface area contributed by atoms with E-state index in [2.05, 4.69) is 0 Å². The number of hydrogen-bond donors (Lipinski definition) is 0. The summed E-state index contributed by atoms with van der Waals surface area (Å²) in [5.41, 5.74) is -1.67. The molecule has 0 bridgehead atoms. The quantitative estimate of drug-likeness (QED) is 0.616. The molecule has 0 aliphatic rings. The van der Waals surface area contributed by atoms with Crippen LogP contribution in [0.3, 0.4) is 0 Å². The van der Waals surface area contributed by atoms with Crippen molar-refractivity contribution in [3.05, 3.63) is 35.4 Å². The van der Waals surface area contributed by atoms with Gasteiger partial charge in [-0.1, -0.05) is 20.8 Å². The maximum atomic E-state index is 13.7. The molecule has 0 N–H and O–H groups in total. The highest BCUT2D eigenvalue weighted by molar-refractivity contribution is 6.14. The van der Waals surface area contributed by atoms with Crippen LogP contribution in [-0.4, -0.2) is 17.7 Å². The van der Waals surface area contributed by atoms with Gasteiger partial charge in [-0.25, -0.2) is 13.2 Å². The molecule has 5 heteroatoms. The SMILES string of the molecule is CC(C)(C)C(=O)C(F)C(=O)c1ccc(F)cc1F. The fourth-order valence-corrected chi connectivity index (χ4v) is 1.33. The van der Waals surface area contributed by atoms with E-state index in [-0.39, 0.29) is 0 Å². The number of ketones is 2. The van der Waals surface area contributed by atoms with E-state index in [0.717, 1.165) is 12.1 Å². The minimum atomic E-state index is -2.44. The van der Waals surface area contributed by atoms with Crippen molar-refractivity contribution in [3.8, 4) is 0 Å². The lowest BCUT2D eigenvalue weighted by Gasteiger charge is -2.18. The predicted molar refractivity (Wildman–Crippen MR) is 60.0 cm³/mol. The second-order valence-electron chi connectivity index (χ2n) is 4.97. The van der Waals surface area contributed by atoms with E-state index in [9.17, 15) is 22.8 Å². The van der Waals surface area contributed by atoms with Gasteiger partial charge in [0.15, 0.2) is 5.78 Å². The molecule has 0 heterocycles. The van der Waals surface area contributed by atoms with Crippen LogP contribution in [0.4, 0.5) is 13.2 Å². The zero-order chi connectivity index (χ0) is 14.1. The smallest absolute Gasteiger partial charge is 0.221 e. The molecule has 0 spiro atoms. The van der Waals surface area contributed by atoms with Crippen LogP contribution in [0.1, 0.15) is 31.1 Å². The van der Waals surface area contributed by atoms with Gasteiger partial charge in [0.1, 0.15) is 11.6 Å². The van der Waals surface area contributed by atoms with Gasteiger partial charge in [-0.3, -0.25) is 9.59 Å². The van der Waals surface area contributed by atoms with E-state index < -0.39 is 40.4 Å². The van der Waals surface area contributed by atoms with Crippen molar-refractivity contribution in [3.63, 3.8) is 0 Å². The Labute approximate surface area is 103 Å². The van der Waals surface area contributed by atoms with Gasteiger partial charge in [0.05, 0.1) is 5.56 Å². The van der Waals surface area contributed by atoms with E-state index in [1.807, 2.05) is 0 Å². The molecule has 2 nitrogen and oxygen atoms in total. The number of hydrogen-bond acceptors (Lipinski definition) is 2. The van der Waals surface area contributed by atoms with Crippen molar-refractivity contribution >= 4 is 11.6 Å². The molecule has 1 atom stereocenters. The topological polar surface area (TPSA) is 34.1 Å². The Balaban J connectivity index is 3.04. The van der Waals surface area contributed by atoms with Gasteiger partial charge in [-0.2, -0.15) is 0 Å². The molecule has 1 unspecified atom stereocenters. The molecule has 18 heavy (non-hydrogen) atoms. The number of carbonyl (C=O) groups is 2. The summed E-state index contributed by atoms with van der Waals surface area (Å²) in [7, 11) is 0. The first-order valence-corrected chi connectivity index (χ1v) is 5.32. The Bertz CT molecular complexity index is 489. The van der Waals surface area contributed by atoms with Crippen molar-refractivity contribution < 1.29 is 22.8 Å². The van der Waals surface area contributed by atoms with Gasteiger partial charge >= 0.3 is 0 Å². The second-order valence-corrected chi connectivity index (χ2v) is 4.97. The molecule has 0 aliphatic carbocycles. The molecule has 0 fully saturated rings. The summed E-state index contributed by atoms with van der Waals surface area (Å²) in [4.78, 5) is 23.2. The van der Waals surface area contributed by atoms with Gasteiger partial charge in [0.2, 0.25) is 12.0 Å². The summed E-state index contributed by atoms with van der Waals surface area (Å²) in [5.74, 6) is -4.27. The Kier molecular flexibility index (Phi) is 3.94. The third-order valence-corrected chi connectivity index (χ3v) is 2.40. The monoisotopic (exact) mass is 258 g/mol.